The highest BCUT2D eigenvalue weighted by Gasteiger charge is 2.39. The van der Waals surface area contributed by atoms with Crippen molar-refractivity contribution in [2.75, 3.05) is 5.32 Å². The second-order valence-corrected chi connectivity index (χ2v) is 7.40. The molecule has 1 fully saturated rings. The van der Waals surface area contributed by atoms with Crippen molar-refractivity contribution in [3.63, 3.8) is 0 Å². The molecule has 2 aromatic carbocycles. The lowest BCUT2D eigenvalue weighted by Crippen LogP contribution is -2.37. The molecule has 2 atom stereocenters. The number of rotatable bonds is 2. The number of oxazole rings is 1. The van der Waals surface area contributed by atoms with Crippen LogP contribution in [-0.2, 0) is 4.79 Å². The van der Waals surface area contributed by atoms with E-state index < -0.39 is 0 Å². The minimum atomic E-state index is -0.356. The smallest absolute Gasteiger partial charge is 0.302 e. The van der Waals surface area contributed by atoms with Gasteiger partial charge in [0.05, 0.1) is 12.0 Å². The standard InChI is InChI=1S/C21H17ClN4O2/c22-13-6-3-5-12(11-13)19-18-15(8-4-9-16(18)27)23-20(25-19)26-21-24-14-7-1-2-10-17(14)28-21/h1-3,5-7,10-11,18-19H,4,8-9H2,(H,24,25,26). The number of hydrogen-bond acceptors (Lipinski definition) is 6. The number of benzene rings is 2. The number of aromatic nitrogens is 1. The lowest BCUT2D eigenvalue weighted by molar-refractivity contribution is -0.122. The molecular weight excluding hydrogens is 376 g/mol. The van der Waals surface area contributed by atoms with Crippen molar-refractivity contribution >= 4 is 46.2 Å². The first kappa shape index (κ1) is 17.1. The van der Waals surface area contributed by atoms with E-state index in [1.54, 1.807) is 0 Å². The van der Waals surface area contributed by atoms with E-state index in [1.807, 2.05) is 48.5 Å². The van der Waals surface area contributed by atoms with Gasteiger partial charge in [-0.15, -0.1) is 0 Å². The van der Waals surface area contributed by atoms with Crippen LogP contribution in [0.5, 0.6) is 0 Å². The quantitative estimate of drug-likeness (QED) is 0.678. The van der Waals surface area contributed by atoms with Gasteiger partial charge in [-0.3, -0.25) is 10.1 Å². The molecule has 5 rings (SSSR count). The van der Waals surface area contributed by atoms with Crippen molar-refractivity contribution < 1.29 is 9.21 Å². The number of fused-ring (bicyclic) bond motifs is 2. The van der Waals surface area contributed by atoms with Gasteiger partial charge in [0.2, 0.25) is 5.96 Å². The van der Waals surface area contributed by atoms with Crippen molar-refractivity contribution in [2.24, 2.45) is 15.9 Å². The molecule has 2 heterocycles. The molecule has 2 aliphatic rings. The van der Waals surface area contributed by atoms with E-state index in [0.717, 1.165) is 29.6 Å². The zero-order chi connectivity index (χ0) is 19.1. The van der Waals surface area contributed by atoms with Gasteiger partial charge in [0.15, 0.2) is 5.58 Å². The molecule has 2 unspecified atom stereocenters. The molecule has 0 bridgehead atoms. The van der Waals surface area contributed by atoms with Gasteiger partial charge in [0.25, 0.3) is 0 Å². The van der Waals surface area contributed by atoms with Crippen LogP contribution in [-0.4, -0.2) is 22.4 Å². The summed E-state index contributed by atoms with van der Waals surface area (Å²) in [5.74, 6) is 0.249. The topological polar surface area (TPSA) is 79.9 Å². The summed E-state index contributed by atoms with van der Waals surface area (Å²) in [6.45, 7) is 0. The fraction of sp³-hybridized carbons (Fsp3) is 0.238. The van der Waals surface area contributed by atoms with E-state index in [-0.39, 0.29) is 17.7 Å². The fourth-order valence-corrected chi connectivity index (χ4v) is 4.03. The summed E-state index contributed by atoms with van der Waals surface area (Å²) >= 11 is 6.18. The van der Waals surface area contributed by atoms with Gasteiger partial charge < -0.3 is 4.42 Å². The number of guanidine groups is 1. The summed E-state index contributed by atoms with van der Waals surface area (Å²) in [6, 6.07) is 15.0. The van der Waals surface area contributed by atoms with Gasteiger partial charge in [-0.2, -0.15) is 4.98 Å². The Bertz CT molecular complexity index is 1100. The summed E-state index contributed by atoms with van der Waals surface area (Å²) in [5.41, 5.74) is 3.20. The Labute approximate surface area is 166 Å². The number of ketones is 1. The van der Waals surface area contributed by atoms with Gasteiger partial charge in [0.1, 0.15) is 11.3 Å². The molecule has 140 valence electrons. The van der Waals surface area contributed by atoms with Crippen LogP contribution >= 0.6 is 11.6 Å². The Morgan fingerprint density at radius 2 is 2.00 bits per heavy atom. The molecule has 0 saturated heterocycles. The number of hydrogen-bond donors (Lipinski definition) is 1. The van der Waals surface area contributed by atoms with Crippen molar-refractivity contribution in [3.8, 4) is 0 Å². The average Bonchev–Trinajstić information content (AvgIpc) is 3.10. The van der Waals surface area contributed by atoms with E-state index in [0.29, 0.717) is 29.0 Å². The number of halogens is 1. The highest BCUT2D eigenvalue weighted by Crippen LogP contribution is 2.37. The van der Waals surface area contributed by atoms with Gasteiger partial charge >= 0.3 is 6.01 Å². The minimum Gasteiger partial charge on any atom is -0.423 e. The summed E-state index contributed by atoms with van der Waals surface area (Å²) in [4.78, 5) is 26.4. The third kappa shape index (κ3) is 3.10. The van der Waals surface area contributed by atoms with Crippen LogP contribution in [0.1, 0.15) is 30.9 Å². The van der Waals surface area contributed by atoms with Crippen molar-refractivity contribution in [1.82, 2.24) is 4.98 Å². The zero-order valence-corrected chi connectivity index (χ0v) is 15.7. The predicted molar refractivity (Wildman–Crippen MR) is 109 cm³/mol. The summed E-state index contributed by atoms with van der Waals surface area (Å²) < 4.78 is 5.73. The van der Waals surface area contributed by atoms with E-state index in [2.05, 4.69) is 15.3 Å². The van der Waals surface area contributed by atoms with Crippen LogP contribution < -0.4 is 5.32 Å². The molecule has 28 heavy (non-hydrogen) atoms. The Kier molecular flexibility index (Phi) is 4.20. The largest absolute Gasteiger partial charge is 0.423 e. The summed E-state index contributed by atoms with van der Waals surface area (Å²) in [6.07, 6.45) is 2.15. The van der Waals surface area contributed by atoms with E-state index >= 15 is 0 Å². The Balaban J connectivity index is 1.53. The number of Topliss-reactive ketones (excluding diaryl/α,β-unsaturated/α-hetero) is 1. The number of nitrogens with one attached hydrogen (secondary N) is 1. The highest BCUT2D eigenvalue weighted by atomic mass is 35.5. The summed E-state index contributed by atoms with van der Waals surface area (Å²) in [5, 5.41) is 3.69. The lowest BCUT2D eigenvalue weighted by Gasteiger charge is -2.31. The third-order valence-electron chi connectivity index (χ3n) is 5.09. The van der Waals surface area contributed by atoms with Crippen molar-refractivity contribution in [2.45, 2.75) is 25.3 Å². The molecular formula is C21H17ClN4O2. The Morgan fingerprint density at radius 1 is 1.11 bits per heavy atom. The van der Waals surface area contributed by atoms with Crippen LogP contribution in [0.3, 0.4) is 0 Å². The van der Waals surface area contributed by atoms with E-state index in [1.165, 1.54) is 0 Å². The molecule has 3 aromatic rings. The van der Waals surface area contributed by atoms with Gasteiger partial charge in [-0.05, 0) is 42.7 Å². The first-order valence-corrected chi connectivity index (χ1v) is 9.61. The number of carbonyl (C=O) groups is 1. The highest BCUT2D eigenvalue weighted by molar-refractivity contribution is 6.30. The van der Waals surface area contributed by atoms with Crippen molar-refractivity contribution in [1.29, 1.82) is 0 Å². The molecule has 1 aliphatic heterocycles. The van der Waals surface area contributed by atoms with E-state index in [9.17, 15) is 4.79 Å². The Hall–Kier alpha value is -2.99. The molecule has 0 amide bonds. The molecule has 0 spiro atoms. The number of para-hydroxylation sites is 2. The zero-order valence-electron chi connectivity index (χ0n) is 14.9. The van der Waals surface area contributed by atoms with Crippen LogP contribution in [0, 0.1) is 5.92 Å². The number of carbonyl (C=O) groups excluding carboxylic acids is 1. The Morgan fingerprint density at radius 3 is 2.86 bits per heavy atom. The van der Waals surface area contributed by atoms with Gasteiger partial charge in [-0.25, -0.2) is 9.98 Å². The summed E-state index contributed by atoms with van der Waals surface area (Å²) in [7, 11) is 0. The number of aliphatic imine (C=N–C) groups is 2. The lowest BCUT2D eigenvalue weighted by atomic mass is 9.78. The number of anilines is 1. The molecule has 1 aromatic heterocycles. The maximum atomic E-state index is 12.6. The normalized spacial score (nSPS) is 21.8. The number of nitrogens with zero attached hydrogens (tertiary/aromatic N) is 3. The fourth-order valence-electron chi connectivity index (χ4n) is 3.83. The molecule has 1 N–H and O–H groups in total. The van der Waals surface area contributed by atoms with Gasteiger partial charge in [0, 0.05) is 17.2 Å². The first-order chi connectivity index (χ1) is 13.7. The molecule has 1 saturated carbocycles. The van der Waals surface area contributed by atoms with Crippen LogP contribution in [0.4, 0.5) is 6.01 Å². The second kappa shape index (κ2) is 6.87. The van der Waals surface area contributed by atoms with Crippen LogP contribution in [0.15, 0.2) is 62.9 Å². The molecule has 6 nitrogen and oxygen atoms in total. The van der Waals surface area contributed by atoms with E-state index in [4.69, 9.17) is 21.0 Å². The van der Waals surface area contributed by atoms with Crippen LogP contribution in [0.25, 0.3) is 11.1 Å². The third-order valence-corrected chi connectivity index (χ3v) is 5.33. The van der Waals surface area contributed by atoms with Gasteiger partial charge in [-0.1, -0.05) is 35.9 Å². The molecule has 0 radical (unpaired) electrons. The maximum absolute atomic E-state index is 12.6. The molecule has 7 heteroatoms. The molecule has 1 aliphatic carbocycles. The minimum absolute atomic E-state index is 0.180. The SMILES string of the molecule is O=C1CCCC2=NC(Nc3nc4ccccc4o3)=NC(c3cccc(Cl)c3)C12. The first-order valence-electron chi connectivity index (χ1n) is 9.23. The average molecular weight is 393 g/mol. The monoisotopic (exact) mass is 392 g/mol. The maximum Gasteiger partial charge on any atom is 0.302 e. The van der Waals surface area contributed by atoms with Crippen LogP contribution in [0.2, 0.25) is 5.02 Å². The predicted octanol–water partition coefficient (Wildman–Crippen LogP) is 4.81. The van der Waals surface area contributed by atoms with Crippen molar-refractivity contribution in [3.05, 3.63) is 59.1 Å². The second-order valence-electron chi connectivity index (χ2n) is 6.96.